The molecule has 0 saturated heterocycles. The highest BCUT2D eigenvalue weighted by Gasteiger charge is 2.35. The Labute approximate surface area is 157 Å². The van der Waals surface area contributed by atoms with Gasteiger partial charge in [0.2, 0.25) is 5.91 Å². The Bertz CT molecular complexity index is 910. The molecule has 2 aromatic carbocycles. The predicted octanol–water partition coefficient (Wildman–Crippen LogP) is 4.37. The first-order chi connectivity index (χ1) is 12.9. The van der Waals surface area contributed by atoms with Crippen molar-refractivity contribution < 1.29 is 14.0 Å². The number of hydrogen-bond donors (Lipinski definition) is 2. The molecule has 1 saturated carbocycles. The summed E-state index contributed by atoms with van der Waals surface area (Å²) in [5.74, 6) is -1.44. The van der Waals surface area contributed by atoms with Crippen LogP contribution in [0, 0.1) is 17.1 Å². The van der Waals surface area contributed by atoms with Gasteiger partial charge in [0, 0.05) is 23.9 Å². The maximum Gasteiger partial charge on any atom is 0.255 e. The van der Waals surface area contributed by atoms with E-state index in [1.807, 2.05) is 12.1 Å². The number of benzene rings is 2. The topological polar surface area (TPSA) is 82.0 Å². The summed E-state index contributed by atoms with van der Waals surface area (Å²) in [4.78, 5) is 23.6. The van der Waals surface area contributed by atoms with Crippen molar-refractivity contribution >= 4 is 23.2 Å². The normalized spacial score (nSPS) is 15.0. The minimum Gasteiger partial charge on any atom is -0.326 e. The van der Waals surface area contributed by atoms with Crippen molar-refractivity contribution in [2.45, 2.75) is 38.0 Å². The number of anilines is 2. The average molecular weight is 365 g/mol. The molecule has 0 spiro atoms. The van der Waals surface area contributed by atoms with E-state index >= 15 is 0 Å². The number of hydrogen-bond acceptors (Lipinski definition) is 3. The van der Waals surface area contributed by atoms with Crippen LogP contribution in [0.1, 0.15) is 48.5 Å². The zero-order valence-corrected chi connectivity index (χ0v) is 15.0. The summed E-state index contributed by atoms with van der Waals surface area (Å²) in [7, 11) is 0. The van der Waals surface area contributed by atoms with Crippen LogP contribution in [-0.2, 0) is 10.2 Å². The second-order valence-corrected chi connectivity index (χ2v) is 6.84. The maximum absolute atomic E-state index is 13.7. The van der Waals surface area contributed by atoms with Crippen molar-refractivity contribution in [1.29, 1.82) is 5.26 Å². The van der Waals surface area contributed by atoms with Gasteiger partial charge in [-0.05, 0) is 48.7 Å². The number of nitrogens with zero attached hydrogens (tertiary/aromatic N) is 1. The third-order valence-electron chi connectivity index (χ3n) is 4.85. The third kappa shape index (κ3) is 4.14. The highest BCUT2D eigenvalue weighted by atomic mass is 19.1. The second kappa shape index (κ2) is 7.58. The minimum absolute atomic E-state index is 0.104. The molecular formula is C21H20FN3O2. The molecule has 0 heterocycles. The molecule has 138 valence electrons. The number of rotatable bonds is 4. The number of amides is 2. The Balaban J connectivity index is 1.76. The van der Waals surface area contributed by atoms with Gasteiger partial charge in [0.05, 0.1) is 11.5 Å². The molecule has 0 bridgehead atoms. The molecule has 3 rings (SSSR count). The fraction of sp³-hybridized carbons (Fsp3) is 0.286. The average Bonchev–Trinajstić information content (AvgIpc) is 3.11. The van der Waals surface area contributed by atoms with E-state index in [1.54, 1.807) is 12.1 Å². The van der Waals surface area contributed by atoms with Crippen LogP contribution >= 0.6 is 0 Å². The molecule has 1 aliphatic rings. The van der Waals surface area contributed by atoms with Gasteiger partial charge >= 0.3 is 0 Å². The van der Waals surface area contributed by atoms with E-state index in [-0.39, 0.29) is 17.2 Å². The van der Waals surface area contributed by atoms with Gasteiger partial charge in [-0.15, -0.1) is 0 Å². The summed E-state index contributed by atoms with van der Waals surface area (Å²) in [6, 6.07) is 13.3. The van der Waals surface area contributed by atoms with Gasteiger partial charge in [-0.1, -0.05) is 25.0 Å². The number of nitrogens with one attached hydrogen (secondary N) is 2. The minimum atomic E-state index is -0.612. The van der Waals surface area contributed by atoms with Gasteiger partial charge < -0.3 is 10.6 Å². The molecule has 1 fully saturated rings. The summed E-state index contributed by atoms with van der Waals surface area (Å²) < 4.78 is 13.7. The Hall–Kier alpha value is -3.20. The highest BCUT2D eigenvalue weighted by molar-refractivity contribution is 6.05. The first kappa shape index (κ1) is 18.6. The van der Waals surface area contributed by atoms with Crippen LogP contribution in [-0.4, -0.2) is 11.8 Å². The fourth-order valence-electron chi connectivity index (χ4n) is 3.52. The smallest absolute Gasteiger partial charge is 0.255 e. The Morgan fingerprint density at radius 2 is 1.70 bits per heavy atom. The second-order valence-electron chi connectivity index (χ2n) is 6.84. The van der Waals surface area contributed by atoms with E-state index in [2.05, 4.69) is 16.7 Å². The van der Waals surface area contributed by atoms with E-state index in [1.165, 1.54) is 13.0 Å². The zero-order valence-electron chi connectivity index (χ0n) is 15.0. The Morgan fingerprint density at radius 3 is 2.30 bits per heavy atom. The van der Waals surface area contributed by atoms with Gasteiger partial charge in [-0.3, -0.25) is 9.59 Å². The molecule has 0 atom stereocenters. The van der Waals surface area contributed by atoms with Crippen molar-refractivity contribution in [3.63, 3.8) is 0 Å². The van der Waals surface area contributed by atoms with Gasteiger partial charge in [-0.2, -0.15) is 5.26 Å². The lowest BCUT2D eigenvalue weighted by Gasteiger charge is -2.21. The lowest BCUT2D eigenvalue weighted by molar-refractivity contribution is -0.114. The van der Waals surface area contributed by atoms with E-state index in [9.17, 15) is 19.2 Å². The third-order valence-corrected chi connectivity index (χ3v) is 4.85. The SMILES string of the molecule is CC(=O)Nc1cc(F)cc(C(=O)Nc2ccc(C3(C#N)CCCC3)cc2)c1. The molecule has 6 heteroatoms. The molecular weight excluding hydrogens is 345 g/mol. The van der Waals surface area contributed by atoms with Crippen molar-refractivity contribution in [3.8, 4) is 6.07 Å². The lowest BCUT2D eigenvalue weighted by atomic mass is 9.80. The Morgan fingerprint density at radius 1 is 1.04 bits per heavy atom. The summed E-state index contributed by atoms with van der Waals surface area (Å²) >= 11 is 0. The van der Waals surface area contributed by atoms with Gasteiger partial charge in [0.1, 0.15) is 5.82 Å². The molecule has 5 nitrogen and oxygen atoms in total. The zero-order chi connectivity index (χ0) is 19.4. The van der Waals surface area contributed by atoms with Crippen LogP contribution in [0.5, 0.6) is 0 Å². The van der Waals surface area contributed by atoms with Gasteiger partial charge in [0.15, 0.2) is 0 Å². The monoisotopic (exact) mass is 365 g/mol. The fourth-order valence-corrected chi connectivity index (χ4v) is 3.52. The molecule has 0 radical (unpaired) electrons. The molecule has 2 aromatic rings. The summed E-state index contributed by atoms with van der Waals surface area (Å²) in [6.07, 6.45) is 3.79. The first-order valence-electron chi connectivity index (χ1n) is 8.83. The highest BCUT2D eigenvalue weighted by Crippen LogP contribution is 2.40. The van der Waals surface area contributed by atoms with Crippen LogP contribution in [0.4, 0.5) is 15.8 Å². The molecule has 2 N–H and O–H groups in total. The predicted molar refractivity (Wildman–Crippen MR) is 101 cm³/mol. The summed E-state index contributed by atoms with van der Waals surface area (Å²) in [6.45, 7) is 1.31. The van der Waals surface area contributed by atoms with Crippen molar-refractivity contribution in [3.05, 3.63) is 59.4 Å². The largest absolute Gasteiger partial charge is 0.326 e. The molecule has 0 unspecified atom stereocenters. The van der Waals surface area contributed by atoms with E-state index in [0.29, 0.717) is 5.69 Å². The van der Waals surface area contributed by atoms with Crippen LogP contribution in [0.3, 0.4) is 0 Å². The quantitative estimate of drug-likeness (QED) is 0.844. The molecule has 0 aromatic heterocycles. The number of halogens is 1. The van der Waals surface area contributed by atoms with Crippen molar-refractivity contribution in [2.24, 2.45) is 0 Å². The van der Waals surface area contributed by atoms with Crippen molar-refractivity contribution in [2.75, 3.05) is 10.6 Å². The summed E-state index contributed by atoms with van der Waals surface area (Å²) in [5.41, 5.74) is 1.41. The van der Waals surface area contributed by atoms with E-state index in [0.717, 1.165) is 43.4 Å². The van der Waals surface area contributed by atoms with Gasteiger partial charge in [-0.25, -0.2) is 4.39 Å². The van der Waals surface area contributed by atoms with Crippen LogP contribution in [0.25, 0.3) is 0 Å². The molecule has 27 heavy (non-hydrogen) atoms. The first-order valence-corrected chi connectivity index (χ1v) is 8.83. The molecule has 2 amide bonds. The standard InChI is InChI=1S/C21H20FN3O2/c1-14(26)24-19-11-15(10-17(22)12-19)20(27)25-18-6-4-16(5-7-18)21(13-23)8-2-3-9-21/h4-7,10-12H,2-3,8-9H2,1H3,(H,24,26)(H,25,27). The molecule has 0 aliphatic heterocycles. The lowest BCUT2D eigenvalue weighted by Crippen LogP contribution is -2.19. The van der Waals surface area contributed by atoms with E-state index in [4.69, 9.17) is 0 Å². The summed E-state index contributed by atoms with van der Waals surface area (Å²) in [5, 5.41) is 14.7. The number of nitriles is 1. The van der Waals surface area contributed by atoms with Crippen LogP contribution in [0.2, 0.25) is 0 Å². The van der Waals surface area contributed by atoms with Gasteiger partial charge in [0.25, 0.3) is 5.91 Å². The maximum atomic E-state index is 13.7. The number of carbonyl (C=O) groups excluding carboxylic acids is 2. The number of carbonyl (C=O) groups is 2. The van der Waals surface area contributed by atoms with Crippen LogP contribution in [0.15, 0.2) is 42.5 Å². The Kier molecular flexibility index (Phi) is 5.22. The molecule has 1 aliphatic carbocycles. The van der Waals surface area contributed by atoms with Crippen molar-refractivity contribution in [1.82, 2.24) is 0 Å². The van der Waals surface area contributed by atoms with E-state index < -0.39 is 17.1 Å². The van der Waals surface area contributed by atoms with Crippen LogP contribution < -0.4 is 10.6 Å².